The highest BCUT2D eigenvalue weighted by atomic mass is 79.9. The molecule has 6 nitrogen and oxygen atoms in total. The van der Waals surface area contributed by atoms with E-state index in [0.717, 1.165) is 40.7 Å². The van der Waals surface area contributed by atoms with Gasteiger partial charge in [0.2, 0.25) is 5.88 Å². The summed E-state index contributed by atoms with van der Waals surface area (Å²) in [5, 5.41) is 3.21. The van der Waals surface area contributed by atoms with Gasteiger partial charge in [0.1, 0.15) is 11.4 Å². The summed E-state index contributed by atoms with van der Waals surface area (Å²) in [6.07, 6.45) is 6.50. The van der Waals surface area contributed by atoms with Crippen molar-refractivity contribution in [1.29, 1.82) is 0 Å². The number of halogens is 1. The quantitative estimate of drug-likeness (QED) is 0.646. The Labute approximate surface area is 172 Å². The summed E-state index contributed by atoms with van der Waals surface area (Å²) >= 11 is 3.52. The predicted octanol–water partition coefficient (Wildman–Crippen LogP) is 4.16. The average Bonchev–Trinajstić information content (AvgIpc) is 3.10. The number of benzene rings is 1. The molecule has 28 heavy (non-hydrogen) atoms. The molecule has 0 aliphatic heterocycles. The van der Waals surface area contributed by atoms with Gasteiger partial charge in [0.25, 0.3) is 5.91 Å². The van der Waals surface area contributed by atoms with Crippen molar-refractivity contribution in [3.05, 3.63) is 70.3 Å². The van der Waals surface area contributed by atoms with Crippen molar-refractivity contribution in [2.24, 2.45) is 0 Å². The number of carbonyl (C=O) groups excluding carboxylic acids is 1. The van der Waals surface area contributed by atoms with Gasteiger partial charge in [-0.05, 0) is 56.0 Å². The van der Waals surface area contributed by atoms with Crippen LogP contribution in [0, 0.1) is 6.92 Å². The van der Waals surface area contributed by atoms with E-state index in [4.69, 9.17) is 4.74 Å². The van der Waals surface area contributed by atoms with Crippen LogP contribution in [0.5, 0.6) is 5.88 Å². The molecule has 1 fully saturated rings. The lowest BCUT2D eigenvalue weighted by Crippen LogP contribution is -2.51. The summed E-state index contributed by atoms with van der Waals surface area (Å²) in [6.45, 7) is 1.91. The monoisotopic (exact) mass is 440 g/mol. The third-order valence-electron chi connectivity index (χ3n) is 5.19. The maximum Gasteiger partial charge on any atom is 0.270 e. The molecule has 1 amide bonds. The summed E-state index contributed by atoms with van der Waals surface area (Å²) in [6, 6.07) is 11.7. The van der Waals surface area contributed by atoms with Crippen molar-refractivity contribution in [1.82, 2.24) is 19.9 Å². The van der Waals surface area contributed by atoms with E-state index in [-0.39, 0.29) is 11.4 Å². The SMILES string of the molecule is COc1nc(C(=O)NC2(c3cccc(Br)c3)CCC2)ccc1-n1cnc(C)c1. The lowest BCUT2D eigenvalue weighted by molar-refractivity contribution is 0.0817. The smallest absolute Gasteiger partial charge is 0.270 e. The second-order valence-corrected chi connectivity index (χ2v) is 7.96. The van der Waals surface area contributed by atoms with Crippen LogP contribution in [0.25, 0.3) is 5.69 Å². The Kier molecular flexibility index (Phi) is 4.93. The molecule has 1 saturated carbocycles. The maximum absolute atomic E-state index is 13.0. The third-order valence-corrected chi connectivity index (χ3v) is 5.69. The number of aromatic nitrogens is 3. The summed E-state index contributed by atoms with van der Waals surface area (Å²) in [7, 11) is 1.55. The second kappa shape index (κ2) is 7.39. The van der Waals surface area contributed by atoms with Gasteiger partial charge in [-0.15, -0.1) is 0 Å². The first kappa shape index (κ1) is 18.7. The fourth-order valence-corrected chi connectivity index (χ4v) is 3.94. The summed E-state index contributed by atoms with van der Waals surface area (Å²) < 4.78 is 8.26. The van der Waals surface area contributed by atoms with Crippen LogP contribution < -0.4 is 10.1 Å². The van der Waals surface area contributed by atoms with Gasteiger partial charge in [-0.25, -0.2) is 9.97 Å². The Morgan fingerprint density at radius 2 is 2.11 bits per heavy atom. The van der Waals surface area contributed by atoms with Gasteiger partial charge < -0.3 is 14.6 Å². The highest BCUT2D eigenvalue weighted by Crippen LogP contribution is 2.42. The molecule has 4 rings (SSSR count). The molecule has 0 saturated heterocycles. The molecule has 0 radical (unpaired) electrons. The molecule has 0 atom stereocenters. The number of rotatable bonds is 5. The van der Waals surface area contributed by atoms with E-state index in [1.54, 1.807) is 19.5 Å². The molecule has 1 aliphatic rings. The third kappa shape index (κ3) is 3.42. The Hall–Kier alpha value is -2.67. The van der Waals surface area contributed by atoms with Crippen LogP contribution in [0.4, 0.5) is 0 Å². The fraction of sp³-hybridized carbons (Fsp3) is 0.286. The largest absolute Gasteiger partial charge is 0.479 e. The molecule has 0 bridgehead atoms. The zero-order valence-corrected chi connectivity index (χ0v) is 17.4. The number of hydrogen-bond acceptors (Lipinski definition) is 4. The molecule has 2 heterocycles. The Morgan fingerprint density at radius 3 is 2.71 bits per heavy atom. The number of pyridine rings is 1. The zero-order valence-electron chi connectivity index (χ0n) is 15.8. The number of methoxy groups -OCH3 is 1. The van der Waals surface area contributed by atoms with Crippen LogP contribution in [0.15, 0.2) is 53.4 Å². The van der Waals surface area contributed by atoms with Crippen LogP contribution in [-0.4, -0.2) is 27.6 Å². The Bertz CT molecular complexity index is 1030. The molecular formula is C21H21BrN4O2. The summed E-state index contributed by atoms with van der Waals surface area (Å²) in [5.74, 6) is 0.182. The zero-order chi connectivity index (χ0) is 19.7. The molecule has 0 spiro atoms. The normalized spacial score (nSPS) is 15.0. The minimum absolute atomic E-state index is 0.202. The minimum atomic E-state index is -0.337. The highest BCUT2D eigenvalue weighted by molar-refractivity contribution is 9.10. The standard InChI is InChI=1S/C21H21BrN4O2/c1-14-12-26(13-23-14)18-8-7-17(24-20(18)28-2)19(27)25-21(9-4-10-21)15-5-3-6-16(22)11-15/h3,5-8,11-13H,4,9-10H2,1-2H3,(H,25,27). The summed E-state index contributed by atoms with van der Waals surface area (Å²) in [5.41, 5.74) is 2.74. The van der Waals surface area contributed by atoms with Crippen molar-refractivity contribution in [3.8, 4) is 11.6 Å². The lowest BCUT2D eigenvalue weighted by Gasteiger charge is -2.43. The van der Waals surface area contributed by atoms with Gasteiger partial charge in [-0.1, -0.05) is 28.1 Å². The first-order valence-corrected chi connectivity index (χ1v) is 9.95. The summed E-state index contributed by atoms with van der Waals surface area (Å²) in [4.78, 5) is 21.6. The average molecular weight is 441 g/mol. The number of aryl methyl sites for hydroxylation is 1. The number of amides is 1. The van der Waals surface area contributed by atoms with Gasteiger partial charge in [0.05, 0.1) is 24.7 Å². The molecule has 1 aromatic carbocycles. The number of ether oxygens (including phenoxy) is 1. The molecule has 1 aliphatic carbocycles. The van der Waals surface area contributed by atoms with Crippen molar-refractivity contribution in [2.75, 3.05) is 7.11 Å². The number of nitrogens with one attached hydrogen (secondary N) is 1. The number of carbonyl (C=O) groups is 1. The van der Waals surface area contributed by atoms with Crippen LogP contribution >= 0.6 is 15.9 Å². The Morgan fingerprint density at radius 1 is 1.29 bits per heavy atom. The van der Waals surface area contributed by atoms with E-state index < -0.39 is 0 Å². The van der Waals surface area contributed by atoms with Crippen LogP contribution in [0.2, 0.25) is 0 Å². The highest BCUT2D eigenvalue weighted by Gasteiger charge is 2.40. The van der Waals surface area contributed by atoms with Gasteiger partial charge in [-0.3, -0.25) is 4.79 Å². The van der Waals surface area contributed by atoms with E-state index in [1.807, 2.05) is 35.9 Å². The van der Waals surface area contributed by atoms with Crippen LogP contribution in [0.3, 0.4) is 0 Å². The molecule has 3 aromatic rings. The van der Waals surface area contributed by atoms with Crippen molar-refractivity contribution < 1.29 is 9.53 Å². The van der Waals surface area contributed by atoms with Crippen molar-refractivity contribution >= 4 is 21.8 Å². The first-order valence-electron chi connectivity index (χ1n) is 9.15. The molecular weight excluding hydrogens is 420 g/mol. The maximum atomic E-state index is 13.0. The first-order chi connectivity index (χ1) is 13.5. The van der Waals surface area contributed by atoms with Crippen LogP contribution in [-0.2, 0) is 5.54 Å². The lowest BCUT2D eigenvalue weighted by atomic mass is 9.71. The topological polar surface area (TPSA) is 69.0 Å². The number of hydrogen-bond donors (Lipinski definition) is 1. The van der Waals surface area contributed by atoms with Gasteiger partial charge in [0, 0.05) is 10.7 Å². The van der Waals surface area contributed by atoms with Gasteiger partial charge in [0.15, 0.2) is 0 Å². The number of imidazole rings is 1. The molecule has 7 heteroatoms. The molecule has 2 aromatic heterocycles. The molecule has 1 N–H and O–H groups in total. The predicted molar refractivity (Wildman–Crippen MR) is 110 cm³/mol. The molecule has 0 unspecified atom stereocenters. The fourth-order valence-electron chi connectivity index (χ4n) is 3.54. The van der Waals surface area contributed by atoms with E-state index in [9.17, 15) is 4.79 Å². The molecule has 144 valence electrons. The number of nitrogens with zero attached hydrogens (tertiary/aromatic N) is 3. The van der Waals surface area contributed by atoms with E-state index in [0.29, 0.717) is 11.6 Å². The van der Waals surface area contributed by atoms with E-state index >= 15 is 0 Å². The van der Waals surface area contributed by atoms with E-state index in [2.05, 4.69) is 43.3 Å². The van der Waals surface area contributed by atoms with E-state index in [1.165, 1.54) is 0 Å². The van der Waals surface area contributed by atoms with Crippen molar-refractivity contribution in [3.63, 3.8) is 0 Å². The van der Waals surface area contributed by atoms with Crippen molar-refractivity contribution in [2.45, 2.75) is 31.7 Å². The van der Waals surface area contributed by atoms with Gasteiger partial charge in [-0.2, -0.15) is 0 Å². The minimum Gasteiger partial charge on any atom is -0.479 e. The second-order valence-electron chi connectivity index (χ2n) is 7.05. The van der Waals surface area contributed by atoms with Gasteiger partial charge >= 0.3 is 0 Å². The Balaban J connectivity index is 1.61. The van der Waals surface area contributed by atoms with Crippen LogP contribution in [0.1, 0.15) is 41.0 Å².